The number of amides is 2. The molecule has 5 rings (SSSR count). The van der Waals surface area contributed by atoms with Gasteiger partial charge >= 0.3 is 0 Å². The fraction of sp³-hybridized carbons (Fsp3) is 0.296. The zero-order valence-corrected chi connectivity index (χ0v) is 21.7. The van der Waals surface area contributed by atoms with Crippen LogP contribution in [0.25, 0.3) is 10.4 Å². The number of rotatable bonds is 3. The van der Waals surface area contributed by atoms with E-state index in [0.717, 1.165) is 29.1 Å². The fourth-order valence-corrected chi connectivity index (χ4v) is 6.02. The third kappa shape index (κ3) is 4.58. The Morgan fingerprint density at radius 2 is 1.89 bits per heavy atom. The number of carbonyl (C=O) groups excluding carboxylic acids is 2. The van der Waals surface area contributed by atoms with Crippen molar-refractivity contribution in [3.05, 3.63) is 69.1 Å². The zero-order chi connectivity index (χ0) is 25.4. The Labute approximate surface area is 219 Å². The van der Waals surface area contributed by atoms with E-state index in [4.69, 9.17) is 16.3 Å². The molecule has 9 heteroatoms. The lowest BCUT2D eigenvalue weighted by Gasteiger charge is -2.32. The summed E-state index contributed by atoms with van der Waals surface area (Å²) in [5.74, 6) is 0.433. The van der Waals surface area contributed by atoms with Gasteiger partial charge in [-0.25, -0.2) is 0 Å². The van der Waals surface area contributed by atoms with Gasteiger partial charge in [-0.15, -0.1) is 11.3 Å². The average molecular weight is 521 g/mol. The highest BCUT2D eigenvalue weighted by molar-refractivity contribution is 7.17. The second-order valence-corrected chi connectivity index (χ2v) is 10.5. The summed E-state index contributed by atoms with van der Waals surface area (Å²) in [5.41, 5.74) is 3.53. The van der Waals surface area contributed by atoms with E-state index in [9.17, 15) is 14.9 Å². The number of carbonyl (C=O) groups is 2. The third-order valence-electron chi connectivity index (χ3n) is 6.66. The second-order valence-electron chi connectivity index (χ2n) is 9.01. The molecule has 0 saturated carbocycles. The molecule has 2 aromatic carbocycles. The minimum absolute atomic E-state index is 0.0482. The van der Waals surface area contributed by atoms with Crippen molar-refractivity contribution in [1.29, 1.82) is 5.26 Å². The fourth-order valence-electron chi connectivity index (χ4n) is 4.50. The summed E-state index contributed by atoms with van der Waals surface area (Å²) < 4.78 is 5.85. The van der Waals surface area contributed by atoms with E-state index in [2.05, 4.69) is 11.0 Å². The standard InChI is InChI=1S/C27H25ClN4O3S/c1-30-8-10-32(11-9-30)26(33)19-4-6-22(21(28)14-19)31(2)27(34)24-15-18-7-12-35-23-13-17(16-29)3-5-20(23)25(18)36-24/h3-6,13-15H,7-12H2,1-2H3. The first kappa shape index (κ1) is 24.3. The number of likely N-dealkylation sites (N-methyl/N-ethyl adjacent to an activating group) is 1. The van der Waals surface area contributed by atoms with Gasteiger partial charge in [-0.3, -0.25) is 9.59 Å². The summed E-state index contributed by atoms with van der Waals surface area (Å²) in [6.45, 7) is 3.53. The minimum Gasteiger partial charge on any atom is -0.493 e. The SMILES string of the molecule is CN1CCN(C(=O)c2ccc(N(C)C(=O)c3cc4c(s3)-c3ccc(C#N)cc3OCC4)c(Cl)c2)CC1. The van der Waals surface area contributed by atoms with Crippen LogP contribution in [-0.2, 0) is 6.42 Å². The first-order chi connectivity index (χ1) is 17.4. The topological polar surface area (TPSA) is 76.9 Å². The van der Waals surface area contributed by atoms with E-state index in [1.807, 2.05) is 24.1 Å². The average Bonchev–Trinajstić information content (AvgIpc) is 3.24. The third-order valence-corrected chi connectivity index (χ3v) is 8.16. The van der Waals surface area contributed by atoms with E-state index < -0.39 is 0 Å². The molecule has 7 nitrogen and oxygen atoms in total. The van der Waals surface area contributed by atoms with E-state index in [1.165, 1.54) is 16.2 Å². The Bertz CT molecular complexity index is 1390. The number of fused-ring (bicyclic) bond motifs is 3. The predicted molar refractivity (Wildman–Crippen MR) is 141 cm³/mol. The van der Waals surface area contributed by atoms with Crippen LogP contribution < -0.4 is 9.64 Å². The Morgan fingerprint density at radius 3 is 2.61 bits per heavy atom. The number of anilines is 1. The lowest BCUT2D eigenvalue weighted by atomic mass is 10.1. The Balaban J connectivity index is 1.38. The van der Waals surface area contributed by atoms with Crippen LogP contribution in [0.4, 0.5) is 5.69 Å². The van der Waals surface area contributed by atoms with Gasteiger partial charge in [0, 0.05) is 55.7 Å². The zero-order valence-electron chi connectivity index (χ0n) is 20.1. The first-order valence-electron chi connectivity index (χ1n) is 11.7. The molecule has 36 heavy (non-hydrogen) atoms. The molecule has 0 bridgehead atoms. The Morgan fingerprint density at radius 1 is 1.11 bits per heavy atom. The van der Waals surface area contributed by atoms with Crippen LogP contribution in [0.5, 0.6) is 5.75 Å². The Kier molecular flexibility index (Phi) is 6.71. The van der Waals surface area contributed by atoms with Crippen molar-refractivity contribution >= 4 is 40.4 Å². The number of halogens is 1. The largest absolute Gasteiger partial charge is 0.493 e. The number of ether oxygens (including phenoxy) is 1. The predicted octanol–water partition coefficient (Wildman–Crippen LogP) is 4.54. The number of nitrogens with zero attached hydrogens (tertiary/aromatic N) is 4. The highest BCUT2D eigenvalue weighted by atomic mass is 35.5. The number of hydrogen-bond acceptors (Lipinski definition) is 6. The smallest absolute Gasteiger partial charge is 0.268 e. The van der Waals surface area contributed by atoms with Gasteiger partial charge in [-0.2, -0.15) is 5.26 Å². The lowest BCUT2D eigenvalue weighted by Crippen LogP contribution is -2.47. The maximum Gasteiger partial charge on any atom is 0.268 e. The number of hydrogen-bond donors (Lipinski definition) is 0. The van der Waals surface area contributed by atoms with Gasteiger partial charge in [-0.1, -0.05) is 11.6 Å². The molecule has 0 spiro atoms. The summed E-state index contributed by atoms with van der Waals surface area (Å²) in [6.07, 6.45) is 0.670. The van der Waals surface area contributed by atoms with Crippen molar-refractivity contribution in [2.24, 2.45) is 0 Å². The maximum atomic E-state index is 13.4. The molecule has 0 N–H and O–H groups in total. The molecule has 184 valence electrons. The molecule has 2 aliphatic heterocycles. The number of nitriles is 1. The molecule has 2 aliphatic rings. The molecular weight excluding hydrogens is 496 g/mol. The normalized spacial score (nSPS) is 15.2. The van der Waals surface area contributed by atoms with Crippen molar-refractivity contribution in [2.45, 2.75) is 6.42 Å². The van der Waals surface area contributed by atoms with Crippen molar-refractivity contribution < 1.29 is 14.3 Å². The highest BCUT2D eigenvalue weighted by Crippen LogP contribution is 2.42. The molecule has 0 radical (unpaired) electrons. The molecule has 0 aliphatic carbocycles. The molecule has 3 aromatic rings. The monoisotopic (exact) mass is 520 g/mol. The van der Waals surface area contributed by atoms with Crippen molar-refractivity contribution in [3.63, 3.8) is 0 Å². The molecule has 0 atom stereocenters. The first-order valence-corrected chi connectivity index (χ1v) is 12.9. The highest BCUT2D eigenvalue weighted by Gasteiger charge is 2.26. The molecule has 1 aromatic heterocycles. The van der Waals surface area contributed by atoms with Crippen molar-refractivity contribution in [2.75, 3.05) is 51.8 Å². The van der Waals surface area contributed by atoms with Crippen LogP contribution in [0.2, 0.25) is 5.02 Å². The van der Waals surface area contributed by atoms with Gasteiger partial charge in [0.1, 0.15) is 5.75 Å². The van der Waals surface area contributed by atoms with Crippen LogP contribution in [0, 0.1) is 11.3 Å². The van der Waals surface area contributed by atoms with Gasteiger partial charge in [0.25, 0.3) is 11.8 Å². The maximum absolute atomic E-state index is 13.4. The summed E-state index contributed by atoms with van der Waals surface area (Å²) in [6, 6.07) is 14.5. The van der Waals surface area contributed by atoms with Crippen molar-refractivity contribution in [3.8, 4) is 22.3 Å². The number of benzene rings is 2. The van der Waals surface area contributed by atoms with E-state index in [-0.39, 0.29) is 11.8 Å². The summed E-state index contributed by atoms with van der Waals surface area (Å²) in [4.78, 5) is 33.5. The molecule has 1 fully saturated rings. The van der Waals surface area contributed by atoms with Crippen LogP contribution in [-0.4, -0.2) is 68.5 Å². The van der Waals surface area contributed by atoms with Crippen LogP contribution in [0.1, 0.15) is 31.2 Å². The van der Waals surface area contributed by atoms with Crippen LogP contribution in [0.15, 0.2) is 42.5 Å². The second kappa shape index (κ2) is 9.94. The van der Waals surface area contributed by atoms with Gasteiger partial charge < -0.3 is 19.4 Å². The molecule has 3 heterocycles. The molecule has 2 amide bonds. The van der Waals surface area contributed by atoms with Gasteiger partial charge in [0.05, 0.1) is 33.8 Å². The van der Waals surface area contributed by atoms with Gasteiger partial charge in [0.15, 0.2) is 0 Å². The van der Waals surface area contributed by atoms with E-state index >= 15 is 0 Å². The summed E-state index contributed by atoms with van der Waals surface area (Å²) in [7, 11) is 3.73. The van der Waals surface area contributed by atoms with Crippen LogP contribution >= 0.6 is 22.9 Å². The lowest BCUT2D eigenvalue weighted by molar-refractivity contribution is 0.0664. The Hall–Kier alpha value is -3.38. The van der Waals surface area contributed by atoms with E-state index in [0.29, 0.717) is 58.6 Å². The summed E-state index contributed by atoms with van der Waals surface area (Å²) in [5, 5.41) is 9.56. The quantitative estimate of drug-likeness (QED) is 0.507. The summed E-state index contributed by atoms with van der Waals surface area (Å²) >= 11 is 7.97. The van der Waals surface area contributed by atoms with Crippen LogP contribution in [0.3, 0.4) is 0 Å². The van der Waals surface area contributed by atoms with Gasteiger partial charge in [-0.05, 0) is 55.1 Å². The van der Waals surface area contributed by atoms with Crippen molar-refractivity contribution in [1.82, 2.24) is 9.80 Å². The number of thiophene rings is 1. The minimum atomic E-state index is -0.177. The van der Waals surface area contributed by atoms with E-state index in [1.54, 1.807) is 37.4 Å². The van der Waals surface area contributed by atoms with Gasteiger partial charge in [0.2, 0.25) is 0 Å². The molecule has 0 unspecified atom stereocenters. The molecular formula is C27H25ClN4O3S. The molecule has 1 saturated heterocycles. The number of piperazine rings is 1.